The monoisotopic (exact) mass is 274 g/mol. The van der Waals surface area contributed by atoms with Crippen molar-refractivity contribution in [2.45, 2.75) is 19.4 Å². The van der Waals surface area contributed by atoms with Gasteiger partial charge in [-0.3, -0.25) is 0 Å². The van der Waals surface area contributed by atoms with Gasteiger partial charge in [0.1, 0.15) is 5.60 Å². The lowest BCUT2D eigenvalue weighted by Gasteiger charge is -2.20. The van der Waals surface area contributed by atoms with Crippen LogP contribution >= 0.6 is 22.7 Å². The Morgan fingerprint density at radius 1 is 1.17 bits per heavy atom. The molecular weight excluding hydrogens is 260 g/mol. The molecule has 1 aromatic carbocycles. The number of hydrogen-bond acceptors (Lipinski definition) is 3. The molecule has 0 spiro atoms. The highest BCUT2D eigenvalue weighted by atomic mass is 32.1. The third-order valence-electron chi connectivity index (χ3n) is 3.20. The van der Waals surface area contributed by atoms with Crippen LogP contribution in [-0.2, 0) is 5.60 Å². The molecule has 3 heteroatoms. The Balaban J connectivity index is 2.12. The van der Waals surface area contributed by atoms with E-state index in [9.17, 15) is 5.11 Å². The predicted octanol–water partition coefficient (Wildman–Crippen LogP) is 4.53. The molecule has 0 radical (unpaired) electrons. The molecule has 0 saturated heterocycles. The molecule has 0 amide bonds. The van der Waals surface area contributed by atoms with E-state index in [4.69, 9.17) is 0 Å². The lowest BCUT2D eigenvalue weighted by Crippen LogP contribution is -2.20. The summed E-state index contributed by atoms with van der Waals surface area (Å²) in [6, 6.07) is 12.4. The first-order valence-corrected chi connectivity index (χ1v) is 7.54. The Morgan fingerprint density at radius 3 is 2.61 bits per heavy atom. The van der Waals surface area contributed by atoms with Crippen molar-refractivity contribution in [3.05, 3.63) is 57.1 Å². The number of rotatable bonds is 2. The molecule has 3 rings (SSSR count). The van der Waals surface area contributed by atoms with Crippen molar-refractivity contribution in [2.75, 3.05) is 0 Å². The van der Waals surface area contributed by atoms with Crippen LogP contribution < -0.4 is 0 Å². The van der Waals surface area contributed by atoms with Crippen LogP contribution in [0.3, 0.4) is 0 Å². The van der Waals surface area contributed by atoms with Crippen molar-refractivity contribution in [3.8, 4) is 0 Å². The molecule has 92 valence electrons. The van der Waals surface area contributed by atoms with Gasteiger partial charge in [-0.15, -0.1) is 22.7 Å². The Hall–Kier alpha value is -1.16. The first-order chi connectivity index (χ1) is 8.57. The Kier molecular flexibility index (Phi) is 2.77. The van der Waals surface area contributed by atoms with Gasteiger partial charge in [0, 0.05) is 14.5 Å². The highest BCUT2D eigenvalue weighted by Crippen LogP contribution is 2.38. The number of fused-ring (bicyclic) bond motifs is 1. The minimum absolute atomic E-state index is 0.894. The smallest absolute Gasteiger partial charge is 0.122 e. The number of aliphatic hydroxyl groups is 1. The maximum atomic E-state index is 10.8. The van der Waals surface area contributed by atoms with Gasteiger partial charge in [0.15, 0.2) is 0 Å². The standard InChI is InChI=1S/C15H14OS2/c1-10-7-12(9-17-10)15(2,16)14-8-11-5-3-4-6-13(11)18-14/h3-9,16H,1-2H3. The second-order valence-electron chi connectivity index (χ2n) is 4.67. The fourth-order valence-electron chi connectivity index (χ4n) is 2.06. The first kappa shape index (κ1) is 11.9. The number of aryl methyl sites for hydroxylation is 1. The van der Waals surface area contributed by atoms with E-state index in [1.807, 2.05) is 24.4 Å². The molecule has 0 saturated carbocycles. The van der Waals surface area contributed by atoms with Crippen molar-refractivity contribution >= 4 is 32.8 Å². The summed E-state index contributed by atoms with van der Waals surface area (Å²) in [7, 11) is 0. The van der Waals surface area contributed by atoms with Crippen LogP contribution in [0.25, 0.3) is 10.1 Å². The fourth-order valence-corrected chi connectivity index (χ4v) is 4.00. The minimum Gasteiger partial charge on any atom is -0.380 e. The molecule has 3 aromatic rings. The highest BCUT2D eigenvalue weighted by Gasteiger charge is 2.28. The van der Waals surface area contributed by atoms with Gasteiger partial charge in [0.25, 0.3) is 0 Å². The zero-order valence-corrected chi connectivity index (χ0v) is 11.9. The van der Waals surface area contributed by atoms with E-state index in [1.165, 1.54) is 15.0 Å². The van der Waals surface area contributed by atoms with E-state index in [0.29, 0.717) is 0 Å². The molecule has 1 nitrogen and oxygen atoms in total. The molecule has 0 aliphatic carbocycles. The maximum absolute atomic E-state index is 10.8. The molecule has 1 N–H and O–H groups in total. The molecule has 0 aliphatic heterocycles. The van der Waals surface area contributed by atoms with Crippen molar-refractivity contribution in [1.82, 2.24) is 0 Å². The van der Waals surface area contributed by atoms with Gasteiger partial charge in [-0.25, -0.2) is 0 Å². The molecule has 0 bridgehead atoms. The van der Waals surface area contributed by atoms with E-state index in [-0.39, 0.29) is 0 Å². The summed E-state index contributed by atoms with van der Waals surface area (Å²) in [5.74, 6) is 0. The summed E-state index contributed by atoms with van der Waals surface area (Å²) in [5, 5.41) is 14.0. The van der Waals surface area contributed by atoms with Gasteiger partial charge in [-0.2, -0.15) is 0 Å². The highest BCUT2D eigenvalue weighted by molar-refractivity contribution is 7.19. The van der Waals surface area contributed by atoms with Crippen LogP contribution in [0, 0.1) is 6.92 Å². The summed E-state index contributed by atoms with van der Waals surface area (Å²) in [6.07, 6.45) is 0. The quantitative estimate of drug-likeness (QED) is 0.728. The zero-order chi connectivity index (χ0) is 12.8. The molecule has 18 heavy (non-hydrogen) atoms. The van der Waals surface area contributed by atoms with Crippen molar-refractivity contribution in [2.24, 2.45) is 0 Å². The Morgan fingerprint density at radius 2 is 1.94 bits per heavy atom. The molecule has 0 fully saturated rings. The van der Waals surface area contributed by atoms with Crippen LogP contribution in [-0.4, -0.2) is 5.11 Å². The first-order valence-electron chi connectivity index (χ1n) is 5.84. The largest absolute Gasteiger partial charge is 0.380 e. The van der Waals surface area contributed by atoms with Gasteiger partial charge in [-0.1, -0.05) is 18.2 Å². The summed E-state index contributed by atoms with van der Waals surface area (Å²) < 4.78 is 1.22. The van der Waals surface area contributed by atoms with Crippen LogP contribution in [0.1, 0.15) is 22.2 Å². The van der Waals surface area contributed by atoms with Gasteiger partial charge < -0.3 is 5.11 Å². The molecule has 2 aromatic heterocycles. The molecule has 2 heterocycles. The number of benzene rings is 1. The van der Waals surface area contributed by atoms with E-state index in [2.05, 4.69) is 31.2 Å². The minimum atomic E-state index is -0.894. The third-order valence-corrected chi connectivity index (χ3v) is 5.39. The molecule has 1 unspecified atom stereocenters. The van der Waals surface area contributed by atoms with Gasteiger partial charge in [0.2, 0.25) is 0 Å². The molecular formula is C15H14OS2. The summed E-state index contributed by atoms with van der Waals surface area (Å²) in [6.45, 7) is 3.94. The summed E-state index contributed by atoms with van der Waals surface area (Å²) in [4.78, 5) is 2.23. The van der Waals surface area contributed by atoms with Crippen molar-refractivity contribution < 1.29 is 5.11 Å². The van der Waals surface area contributed by atoms with Gasteiger partial charge in [-0.05, 0) is 48.4 Å². The lowest BCUT2D eigenvalue weighted by molar-refractivity contribution is 0.107. The molecule has 0 aliphatic rings. The fraction of sp³-hybridized carbons (Fsp3) is 0.200. The van der Waals surface area contributed by atoms with Gasteiger partial charge in [0.05, 0.1) is 0 Å². The summed E-state index contributed by atoms with van der Waals surface area (Å²) in [5.41, 5.74) is 0.0885. The van der Waals surface area contributed by atoms with Crippen molar-refractivity contribution in [3.63, 3.8) is 0 Å². The third kappa shape index (κ3) is 1.88. The summed E-state index contributed by atoms with van der Waals surface area (Å²) >= 11 is 3.34. The Labute approximate surface area is 114 Å². The second kappa shape index (κ2) is 4.19. The second-order valence-corrected chi connectivity index (χ2v) is 6.87. The van der Waals surface area contributed by atoms with Crippen LogP contribution in [0.15, 0.2) is 41.8 Å². The van der Waals surface area contributed by atoms with Crippen molar-refractivity contribution in [1.29, 1.82) is 0 Å². The predicted molar refractivity (Wildman–Crippen MR) is 79.6 cm³/mol. The van der Waals surface area contributed by atoms with E-state index >= 15 is 0 Å². The molecule has 1 atom stereocenters. The lowest BCUT2D eigenvalue weighted by atomic mass is 9.96. The SMILES string of the molecule is Cc1cc(C(C)(O)c2cc3ccccc3s2)cs1. The normalized spacial score (nSPS) is 14.8. The number of thiophene rings is 2. The Bertz CT molecular complexity index is 658. The van der Waals surface area contributed by atoms with E-state index in [0.717, 1.165) is 10.4 Å². The zero-order valence-electron chi connectivity index (χ0n) is 10.3. The van der Waals surface area contributed by atoms with E-state index < -0.39 is 5.60 Å². The average molecular weight is 274 g/mol. The van der Waals surface area contributed by atoms with Crippen LogP contribution in [0.2, 0.25) is 0 Å². The van der Waals surface area contributed by atoms with Crippen LogP contribution in [0.4, 0.5) is 0 Å². The number of hydrogen-bond donors (Lipinski definition) is 1. The van der Waals surface area contributed by atoms with Crippen LogP contribution in [0.5, 0.6) is 0 Å². The average Bonchev–Trinajstić information content (AvgIpc) is 2.94. The maximum Gasteiger partial charge on any atom is 0.122 e. The van der Waals surface area contributed by atoms with Gasteiger partial charge >= 0.3 is 0 Å². The van der Waals surface area contributed by atoms with E-state index in [1.54, 1.807) is 22.7 Å². The topological polar surface area (TPSA) is 20.2 Å².